The summed E-state index contributed by atoms with van der Waals surface area (Å²) in [5.41, 5.74) is 2.00. The summed E-state index contributed by atoms with van der Waals surface area (Å²) in [7, 11) is 0. The van der Waals surface area contributed by atoms with Gasteiger partial charge in [0, 0.05) is 25.2 Å². The molecule has 0 N–H and O–H groups in total. The van der Waals surface area contributed by atoms with Crippen molar-refractivity contribution in [2.75, 3.05) is 6.54 Å². The van der Waals surface area contributed by atoms with Gasteiger partial charge in [0.2, 0.25) is 0 Å². The van der Waals surface area contributed by atoms with Crippen LogP contribution in [0.3, 0.4) is 0 Å². The minimum atomic E-state index is -0.563. The summed E-state index contributed by atoms with van der Waals surface area (Å²) in [5.74, 6) is 0. The predicted octanol–water partition coefficient (Wildman–Crippen LogP) is 3.53. The zero-order valence-corrected chi connectivity index (χ0v) is 13.1. The number of hydrogen-bond acceptors (Lipinski definition) is 4. The van der Waals surface area contributed by atoms with E-state index in [0.29, 0.717) is 19.5 Å². The molecule has 1 amide bonds. The van der Waals surface area contributed by atoms with Crippen LogP contribution in [-0.4, -0.2) is 28.1 Å². The molecule has 6 heteroatoms. The summed E-state index contributed by atoms with van der Waals surface area (Å²) in [6.07, 6.45) is 1.85. The van der Waals surface area contributed by atoms with Gasteiger partial charge in [-0.15, -0.1) is 0 Å². The van der Waals surface area contributed by atoms with Crippen LogP contribution in [0.25, 0.3) is 6.08 Å². The largest absolute Gasteiger partial charge is 0.444 e. The number of ether oxygens (including phenoxy) is 1. The number of carbonyl (C=O) groups is 1. The van der Waals surface area contributed by atoms with Gasteiger partial charge in [-0.3, -0.25) is 10.1 Å². The number of rotatable bonds is 2. The van der Waals surface area contributed by atoms with Crippen molar-refractivity contribution in [1.82, 2.24) is 4.90 Å². The Kier molecular flexibility index (Phi) is 4.21. The molecule has 0 radical (unpaired) electrons. The lowest BCUT2D eigenvalue weighted by molar-refractivity contribution is -0.385. The van der Waals surface area contributed by atoms with Crippen LogP contribution in [0.15, 0.2) is 18.7 Å². The molecule has 0 aliphatic carbocycles. The maximum Gasteiger partial charge on any atom is 0.410 e. The van der Waals surface area contributed by atoms with Gasteiger partial charge in [-0.25, -0.2) is 4.79 Å². The van der Waals surface area contributed by atoms with Crippen molar-refractivity contribution in [2.45, 2.75) is 39.3 Å². The minimum Gasteiger partial charge on any atom is -0.444 e. The van der Waals surface area contributed by atoms with Crippen molar-refractivity contribution in [3.63, 3.8) is 0 Å². The Morgan fingerprint density at radius 1 is 1.45 bits per heavy atom. The second-order valence-corrected chi connectivity index (χ2v) is 6.29. The second-order valence-electron chi connectivity index (χ2n) is 6.29. The maximum atomic E-state index is 12.1. The van der Waals surface area contributed by atoms with Crippen molar-refractivity contribution >= 4 is 17.9 Å². The summed E-state index contributed by atoms with van der Waals surface area (Å²) in [6, 6.07) is 3.05. The Labute approximate surface area is 129 Å². The minimum absolute atomic E-state index is 0.0136. The highest BCUT2D eigenvalue weighted by molar-refractivity contribution is 5.69. The standard InChI is InChI=1S/C16H20N2O4/c1-5-11-8-13(18(20)21)9-12-10-17(7-6-14(11)12)15(19)22-16(2,3)4/h5,8-9H,1,6-7,10H2,2-4H3. The summed E-state index contributed by atoms with van der Waals surface area (Å²) >= 11 is 0. The summed E-state index contributed by atoms with van der Waals surface area (Å²) in [4.78, 5) is 24.3. The SMILES string of the molecule is C=Cc1cc([N+](=O)[O-])cc2c1CCN(C(=O)OC(C)(C)C)C2. The summed E-state index contributed by atoms with van der Waals surface area (Å²) in [6.45, 7) is 9.98. The third-order valence-corrected chi connectivity index (χ3v) is 3.44. The average molecular weight is 304 g/mol. The van der Waals surface area contributed by atoms with E-state index in [1.807, 2.05) is 20.8 Å². The smallest absolute Gasteiger partial charge is 0.410 e. The maximum absolute atomic E-state index is 12.1. The number of nitrogens with zero attached hydrogens (tertiary/aromatic N) is 2. The molecule has 0 saturated heterocycles. The van der Waals surface area contributed by atoms with E-state index in [9.17, 15) is 14.9 Å². The lowest BCUT2D eigenvalue weighted by Gasteiger charge is -2.31. The van der Waals surface area contributed by atoms with Crippen LogP contribution in [0.1, 0.15) is 37.5 Å². The third kappa shape index (κ3) is 3.44. The summed E-state index contributed by atoms with van der Waals surface area (Å²) in [5, 5.41) is 11.0. The zero-order chi connectivity index (χ0) is 16.5. The molecule has 22 heavy (non-hydrogen) atoms. The molecule has 0 unspecified atom stereocenters. The fraction of sp³-hybridized carbons (Fsp3) is 0.438. The molecule has 1 aliphatic heterocycles. The van der Waals surface area contributed by atoms with Crippen LogP contribution in [-0.2, 0) is 17.7 Å². The quantitative estimate of drug-likeness (QED) is 0.619. The van der Waals surface area contributed by atoms with Gasteiger partial charge in [0.25, 0.3) is 5.69 Å². The van der Waals surface area contributed by atoms with Crippen molar-refractivity contribution in [2.24, 2.45) is 0 Å². The Hall–Kier alpha value is -2.37. The van der Waals surface area contributed by atoms with E-state index in [-0.39, 0.29) is 5.69 Å². The monoisotopic (exact) mass is 304 g/mol. The van der Waals surface area contributed by atoms with Gasteiger partial charge in [-0.2, -0.15) is 0 Å². The second kappa shape index (κ2) is 5.79. The molecule has 0 spiro atoms. The Bertz CT molecular complexity index is 632. The van der Waals surface area contributed by atoms with Crippen molar-refractivity contribution in [3.8, 4) is 0 Å². The van der Waals surface area contributed by atoms with Crippen molar-refractivity contribution in [3.05, 3.63) is 45.5 Å². The zero-order valence-electron chi connectivity index (χ0n) is 13.1. The normalized spacial score (nSPS) is 14.2. The van der Waals surface area contributed by atoms with Gasteiger partial charge in [0.05, 0.1) is 4.92 Å². The molecular formula is C16H20N2O4. The fourth-order valence-corrected chi connectivity index (χ4v) is 2.49. The molecule has 1 aromatic carbocycles. The number of fused-ring (bicyclic) bond motifs is 1. The molecule has 118 valence electrons. The molecule has 0 atom stereocenters. The number of amides is 1. The number of hydrogen-bond donors (Lipinski definition) is 0. The van der Waals surface area contributed by atoms with Gasteiger partial charge in [0.15, 0.2) is 0 Å². The van der Waals surface area contributed by atoms with Crippen LogP contribution in [0.4, 0.5) is 10.5 Å². The van der Waals surface area contributed by atoms with Crippen LogP contribution in [0.5, 0.6) is 0 Å². The van der Waals surface area contributed by atoms with Gasteiger partial charge in [0.1, 0.15) is 5.60 Å². The highest BCUT2D eigenvalue weighted by Gasteiger charge is 2.27. The van der Waals surface area contributed by atoms with E-state index in [1.54, 1.807) is 11.0 Å². The number of benzene rings is 1. The lowest BCUT2D eigenvalue weighted by Crippen LogP contribution is -2.40. The first-order valence-corrected chi connectivity index (χ1v) is 7.12. The Morgan fingerprint density at radius 2 is 2.14 bits per heavy atom. The van der Waals surface area contributed by atoms with Crippen LogP contribution >= 0.6 is 0 Å². The van der Waals surface area contributed by atoms with E-state index < -0.39 is 16.6 Å². The number of nitro groups is 1. The van der Waals surface area contributed by atoms with Gasteiger partial charge in [-0.1, -0.05) is 12.7 Å². The van der Waals surface area contributed by atoms with E-state index in [1.165, 1.54) is 12.1 Å². The number of non-ortho nitro benzene ring substituents is 1. The molecule has 0 aromatic heterocycles. The van der Waals surface area contributed by atoms with Gasteiger partial charge >= 0.3 is 6.09 Å². The van der Waals surface area contributed by atoms with E-state index in [4.69, 9.17) is 4.74 Å². The third-order valence-electron chi connectivity index (χ3n) is 3.44. The molecular weight excluding hydrogens is 284 g/mol. The number of nitro benzene ring substituents is 1. The topological polar surface area (TPSA) is 72.7 Å². The average Bonchev–Trinajstić information content (AvgIpc) is 2.43. The summed E-state index contributed by atoms with van der Waals surface area (Å²) < 4.78 is 5.36. The molecule has 2 rings (SSSR count). The number of carbonyl (C=O) groups excluding carboxylic acids is 1. The molecule has 0 bridgehead atoms. The van der Waals surface area contributed by atoms with E-state index in [2.05, 4.69) is 6.58 Å². The van der Waals surface area contributed by atoms with Gasteiger partial charge in [-0.05, 0) is 43.9 Å². The highest BCUT2D eigenvalue weighted by atomic mass is 16.6. The molecule has 0 fully saturated rings. The van der Waals surface area contributed by atoms with Gasteiger partial charge < -0.3 is 9.64 Å². The molecule has 1 aliphatic rings. The fourth-order valence-electron chi connectivity index (χ4n) is 2.49. The van der Waals surface area contributed by atoms with Crippen LogP contribution in [0.2, 0.25) is 0 Å². The van der Waals surface area contributed by atoms with E-state index in [0.717, 1.165) is 16.7 Å². The first-order valence-electron chi connectivity index (χ1n) is 7.12. The molecule has 0 saturated carbocycles. The van der Waals surface area contributed by atoms with Crippen molar-refractivity contribution < 1.29 is 14.5 Å². The molecule has 1 aromatic rings. The molecule has 6 nitrogen and oxygen atoms in total. The Balaban J connectivity index is 2.29. The first-order chi connectivity index (χ1) is 10.2. The van der Waals surface area contributed by atoms with Crippen LogP contribution < -0.4 is 0 Å². The first kappa shape index (κ1) is 16.0. The Morgan fingerprint density at radius 3 is 2.68 bits per heavy atom. The van der Waals surface area contributed by atoms with Crippen molar-refractivity contribution in [1.29, 1.82) is 0 Å². The van der Waals surface area contributed by atoms with E-state index >= 15 is 0 Å². The van der Waals surface area contributed by atoms with Crippen LogP contribution in [0, 0.1) is 10.1 Å². The molecule has 1 heterocycles. The highest BCUT2D eigenvalue weighted by Crippen LogP contribution is 2.29. The lowest BCUT2D eigenvalue weighted by atomic mass is 9.94. The predicted molar refractivity (Wildman–Crippen MR) is 83.5 cm³/mol.